The van der Waals surface area contributed by atoms with E-state index in [1.807, 2.05) is 11.8 Å². The Morgan fingerprint density at radius 2 is 2.05 bits per heavy atom. The predicted octanol–water partition coefficient (Wildman–Crippen LogP) is 1.90. The van der Waals surface area contributed by atoms with Crippen molar-refractivity contribution in [2.75, 3.05) is 39.0 Å². The Kier molecular flexibility index (Phi) is 6.40. The van der Waals surface area contributed by atoms with Gasteiger partial charge in [-0.25, -0.2) is 4.79 Å². The van der Waals surface area contributed by atoms with Crippen molar-refractivity contribution in [1.29, 1.82) is 0 Å². The van der Waals surface area contributed by atoms with Crippen LogP contribution in [0.2, 0.25) is 0 Å². The van der Waals surface area contributed by atoms with Crippen LogP contribution in [0.1, 0.15) is 25.5 Å². The summed E-state index contributed by atoms with van der Waals surface area (Å²) in [5, 5.41) is 7.17. The largest absolute Gasteiger partial charge is 0.337 e. The van der Waals surface area contributed by atoms with Crippen molar-refractivity contribution < 1.29 is 9.00 Å². The summed E-state index contributed by atoms with van der Waals surface area (Å²) in [4.78, 5) is 16.4. The van der Waals surface area contributed by atoms with Crippen molar-refractivity contribution in [3.63, 3.8) is 0 Å². The van der Waals surface area contributed by atoms with E-state index in [0.29, 0.717) is 12.6 Å². The average Bonchev–Trinajstić information content (AvgIpc) is 3.06. The van der Waals surface area contributed by atoms with Crippen LogP contribution >= 0.6 is 11.3 Å². The van der Waals surface area contributed by atoms with Gasteiger partial charge in [-0.2, -0.15) is 11.3 Å². The van der Waals surface area contributed by atoms with Crippen LogP contribution in [0, 0.1) is 0 Å². The molecule has 0 radical (unpaired) electrons. The molecule has 2 heterocycles. The lowest BCUT2D eigenvalue weighted by Crippen LogP contribution is -2.52. The molecule has 0 saturated carbocycles. The first-order valence-electron chi connectivity index (χ1n) is 7.60. The normalized spacial score (nSPS) is 20.4. The standard InChI is InChI=1S/C15H25N3O2S2/c1-12(22(3)20)10-16-15(19)18-7-5-17(6-8-18)13(2)14-4-9-21-11-14/h4,9,11-13H,5-8,10H2,1-3H3,(H,16,19)/t12-,13-,22-/m1/s1. The van der Waals surface area contributed by atoms with E-state index in [9.17, 15) is 9.00 Å². The van der Waals surface area contributed by atoms with Crippen molar-refractivity contribution >= 4 is 28.2 Å². The topological polar surface area (TPSA) is 52.6 Å². The molecule has 0 unspecified atom stereocenters. The first-order valence-corrected chi connectivity index (χ1v) is 10.2. The molecule has 0 bridgehead atoms. The van der Waals surface area contributed by atoms with Crippen LogP contribution in [0.15, 0.2) is 16.8 Å². The van der Waals surface area contributed by atoms with Crippen molar-refractivity contribution in [3.05, 3.63) is 22.4 Å². The van der Waals surface area contributed by atoms with Gasteiger partial charge in [0.05, 0.1) is 0 Å². The molecule has 5 nitrogen and oxygen atoms in total. The van der Waals surface area contributed by atoms with Crippen LogP contribution in [-0.2, 0) is 10.8 Å². The number of amides is 2. The lowest BCUT2D eigenvalue weighted by atomic mass is 10.1. The van der Waals surface area contributed by atoms with E-state index in [-0.39, 0.29) is 11.3 Å². The number of carbonyl (C=O) groups is 1. The number of thiophene rings is 1. The van der Waals surface area contributed by atoms with Gasteiger partial charge in [0, 0.05) is 61.1 Å². The number of nitrogens with zero attached hydrogens (tertiary/aromatic N) is 2. The minimum atomic E-state index is -0.901. The molecule has 7 heteroatoms. The van der Waals surface area contributed by atoms with Gasteiger partial charge in [0.25, 0.3) is 0 Å². The molecule has 1 aromatic rings. The molecule has 1 saturated heterocycles. The summed E-state index contributed by atoms with van der Waals surface area (Å²) >= 11 is 1.72. The quantitative estimate of drug-likeness (QED) is 0.888. The van der Waals surface area contributed by atoms with Gasteiger partial charge in [0.1, 0.15) is 0 Å². The number of hydrogen-bond acceptors (Lipinski definition) is 4. The summed E-state index contributed by atoms with van der Waals surface area (Å²) in [7, 11) is -0.901. The fourth-order valence-electron chi connectivity index (χ4n) is 2.50. The van der Waals surface area contributed by atoms with E-state index in [2.05, 4.69) is 34.0 Å². The molecule has 1 aliphatic heterocycles. The number of piperazine rings is 1. The minimum absolute atomic E-state index is 0.0103. The Balaban J connectivity index is 1.77. The third-order valence-corrected chi connectivity index (χ3v) is 6.28. The van der Waals surface area contributed by atoms with Crippen LogP contribution in [-0.4, -0.2) is 64.3 Å². The van der Waals surface area contributed by atoms with E-state index in [0.717, 1.165) is 26.2 Å². The van der Waals surface area contributed by atoms with Gasteiger partial charge >= 0.3 is 6.03 Å². The molecule has 0 aliphatic carbocycles. The highest BCUT2D eigenvalue weighted by molar-refractivity contribution is 7.84. The molecule has 3 atom stereocenters. The van der Waals surface area contributed by atoms with Crippen LogP contribution in [0.3, 0.4) is 0 Å². The van der Waals surface area contributed by atoms with Gasteiger partial charge in [0.2, 0.25) is 0 Å². The zero-order valence-corrected chi connectivity index (χ0v) is 15.1. The molecule has 0 aromatic carbocycles. The highest BCUT2D eigenvalue weighted by Crippen LogP contribution is 2.23. The minimum Gasteiger partial charge on any atom is -0.337 e. The monoisotopic (exact) mass is 343 g/mol. The van der Waals surface area contributed by atoms with Crippen LogP contribution in [0.25, 0.3) is 0 Å². The number of urea groups is 1. The molecule has 1 N–H and O–H groups in total. The first kappa shape index (κ1) is 17.4. The van der Waals surface area contributed by atoms with E-state index >= 15 is 0 Å². The third kappa shape index (κ3) is 4.54. The Hall–Kier alpha value is -0.920. The van der Waals surface area contributed by atoms with Crippen molar-refractivity contribution in [1.82, 2.24) is 15.1 Å². The predicted molar refractivity (Wildman–Crippen MR) is 92.8 cm³/mol. The second kappa shape index (κ2) is 8.08. The molecule has 2 amide bonds. The second-order valence-corrected chi connectivity index (χ2v) is 8.33. The lowest BCUT2D eigenvalue weighted by Gasteiger charge is -2.38. The van der Waals surface area contributed by atoms with E-state index < -0.39 is 10.8 Å². The molecular weight excluding hydrogens is 318 g/mol. The van der Waals surface area contributed by atoms with E-state index in [1.165, 1.54) is 5.56 Å². The zero-order valence-electron chi connectivity index (χ0n) is 13.4. The number of nitrogens with one attached hydrogen (secondary N) is 1. The maximum atomic E-state index is 12.1. The smallest absolute Gasteiger partial charge is 0.317 e. The molecule has 22 heavy (non-hydrogen) atoms. The van der Waals surface area contributed by atoms with Crippen LogP contribution < -0.4 is 5.32 Å². The number of rotatable bonds is 5. The number of carbonyl (C=O) groups excluding carboxylic acids is 1. The lowest BCUT2D eigenvalue weighted by molar-refractivity contribution is 0.114. The average molecular weight is 344 g/mol. The summed E-state index contributed by atoms with van der Waals surface area (Å²) in [5.74, 6) is 0. The molecule has 124 valence electrons. The van der Waals surface area contributed by atoms with Gasteiger partial charge in [-0.15, -0.1) is 0 Å². The van der Waals surface area contributed by atoms with E-state index in [4.69, 9.17) is 0 Å². The third-order valence-electron chi connectivity index (χ3n) is 4.28. The van der Waals surface area contributed by atoms with Gasteiger partial charge in [-0.3, -0.25) is 9.11 Å². The molecule has 0 spiro atoms. The highest BCUT2D eigenvalue weighted by atomic mass is 32.2. The second-order valence-electron chi connectivity index (χ2n) is 5.75. The molecule has 1 aromatic heterocycles. The van der Waals surface area contributed by atoms with Gasteiger partial charge in [0.15, 0.2) is 0 Å². The summed E-state index contributed by atoms with van der Waals surface area (Å²) in [6.45, 7) is 7.83. The maximum absolute atomic E-state index is 12.1. The maximum Gasteiger partial charge on any atom is 0.317 e. The summed E-state index contributed by atoms with van der Waals surface area (Å²) in [6, 6.07) is 2.53. The molecule has 1 aliphatic rings. The summed E-state index contributed by atoms with van der Waals surface area (Å²) in [6.07, 6.45) is 1.67. The fourth-order valence-corrected chi connectivity index (χ4v) is 3.56. The molecular formula is C15H25N3O2S2. The SMILES string of the molecule is C[C@H](c1ccsc1)N1CCN(C(=O)NC[C@@H](C)[S@@](C)=O)CC1. The Morgan fingerprint density at radius 3 is 2.59 bits per heavy atom. The zero-order chi connectivity index (χ0) is 16.1. The van der Waals surface area contributed by atoms with Crippen molar-refractivity contribution in [2.45, 2.75) is 25.1 Å². The summed E-state index contributed by atoms with van der Waals surface area (Å²) in [5.41, 5.74) is 1.35. The fraction of sp³-hybridized carbons (Fsp3) is 0.667. The van der Waals surface area contributed by atoms with Crippen molar-refractivity contribution in [3.8, 4) is 0 Å². The van der Waals surface area contributed by atoms with Crippen molar-refractivity contribution in [2.24, 2.45) is 0 Å². The highest BCUT2D eigenvalue weighted by Gasteiger charge is 2.25. The van der Waals surface area contributed by atoms with Gasteiger partial charge in [-0.1, -0.05) is 0 Å². The van der Waals surface area contributed by atoms with E-state index in [1.54, 1.807) is 17.6 Å². The van der Waals surface area contributed by atoms with Crippen LogP contribution in [0.5, 0.6) is 0 Å². The molecule has 2 rings (SSSR count). The number of hydrogen-bond donors (Lipinski definition) is 1. The van der Waals surface area contributed by atoms with Gasteiger partial charge < -0.3 is 10.2 Å². The Morgan fingerprint density at radius 1 is 1.36 bits per heavy atom. The van der Waals surface area contributed by atoms with Crippen LogP contribution in [0.4, 0.5) is 4.79 Å². The molecule has 1 fully saturated rings. The van der Waals surface area contributed by atoms with Gasteiger partial charge in [-0.05, 0) is 36.2 Å². The first-order chi connectivity index (χ1) is 10.5. The summed E-state index contributed by atoms with van der Waals surface area (Å²) < 4.78 is 11.3. The Bertz CT molecular complexity index is 499. The Labute approximate surface area is 139 Å².